The Balaban J connectivity index is 1.82. The van der Waals surface area contributed by atoms with Gasteiger partial charge in [-0.3, -0.25) is 4.90 Å². The van der Waals surface area contributed by atoms with Crippen molar-refractivity contribution >= 4 is 23.0 Å². The molecule has 0 spiro atoms. The number of thiocarbonyl (C=S) groups is 1. The summed E-state index contributed by atoms with van der Waals surface area (Å²) < 4.78 is 26.4. The zero-order valence-electron chi connectivity index (χ0n) is 13.0. The van der Waals surface area contributed by atoms with E-state index in [9.17, 15) is 8.78 Å². The van der Waals surface area contributed by atoms with E-state index >= 15 is 0 Å². The van der Waals surface area contributed by atoms with Gasteiger partial charge in [-0.15, -0.1) is 0 Å². The zero-order chi connectivity index (χ0) is 16.1. The monoisotopic (exact) mass is 327 g/mol. The number of nitrogens with one attached hydrogen (secondary N) is 2. The molecule has 1 aromatic rings. The van der Waals surface area contributed by atoms with E-state index in [0.717, 1.165) is 12.6 Å². The Morgan fingerprint density at radius 2 is 2.18 bits per heavy atom. The Morgan fingerprint density at radius 3 is 2.86 bits per heavy atom. The number of anilines is 1. The summed E-state index contributed by atoms with van der Waals surface area (Å²) in [6.07, 6.45) is 3.76. The summed E-state index contributed by atoms with van der Waals surface area (Å²) in [6.45, 7) is 6.21. The van der Waals surface area contributed by atoms with Crippen molar-refractivity contribution in [2.45, 2.75) is 45.2 Å². The van der Waals surface area contributed by atoms with Gasteiger partial charge in [0.25, 0.3) is 0 Å². The third-order valence-electron chi connectivity index (χ3n) is 4.16. The summed E-state index contributed by atoms with van der Waals surface area (Å²) in [5.74, 6) is -1.25. The number of hydrogen-bond donors (Lipinski definition) is 2. The predicted molar refractivity (Wildman–Crippen MR) is 90.1 cm³/mol. The van der Waals surface area contributed by atoms with Crippen molar-refractivity contribution in [1.29, 1.82) is 0 Å². The quantitative estimate of drug-likeness (QED) is 0.828. The van der Waals surface area contributed by atoms with E-state index in [2.05, 4.69) is 29.4 Å². The van der Waals surface area contributed by atoms with E-state index in [1.54, 1.807) is 0 Å². The van der Waals surface area contributed by atoms with Gasteiger partial charge in [-0.1, -0.05) is 6.42 Å². The van der Waals surface area contributed by atoms with Crippen molar-refractivity contribution in [3.63, 3.8) is 0 Å². The van der Waals surface area contributed by atoms with Crippen molar-refractivity contribution in [3.05, 3.63) is 29.8 Å². The zero-order valence-corrected chi connectivity index (χ0v) is 13.9. The Kier molecular flexibility index (Phi) is 6.08. The van der Waals surface area contributed by atoms with Gasteiger partial charge in [0.1, 0.15) is 11.6 Å². The highest BCUT2D eigenvalue weighted by atomic mass is 32.1. The Bertz CT molecular complexity index is 524. The van der Waals surface area contributed by atoms with Gasteiger partial charge in [0.15, 0.2) is 5.11 Å². The van der Waals surface area contributed by atoms with Gasteiger partial charge in [0.2, 0.25) is 0 Å². The topological polar surface area (TPSA) is 27.3 Å². The molecule has 0 amide bonds. The second kappa shape index (κ2) is 7.83. The molecule has 0 radical (unpaired) electrons. The van der Waals surface area contributed by atoms with Crippen LogP contribution < -0.4 is 10.6 Å². The predicted octanol–water partition coefficient (Wildman–Crippen LogP) is 3.51. The second-order valence-electron chi connectivity index (χ2n) is 5.89. The fourth-order valence-corrected chi connectivity index (χ4v) is 3.08. The first-order valence-electron chi connectivity index (χ1n) is 7.73. The SMILES string of the molecule is CC1CCCCN1C(C)CNC(=S)Nc1ccc(F)cc1F. The lowest BCUT2D eigenvalue weighted by Crippen LogP contribution is -2.49. The molecule has 1 heterocycles. The number of likely N-dealkylation sites (tertiary alicyclic amines) is 1. The first-order valence-corrected chi connectivity index (χ1v) is 8.14. The molecule has 1 saturated heterocycles. The van der Waals surface area contributed by atoms with Gasteiger partial charge in [0, 0.05) is 24.7 Å². The first-order chi connectivity index (χ1) is 10.5. The number of piperidine rings is 1. The molecule has 2 rings (SSSR count). The molecule has 122 valence electrons. The summed E-state index contributed by atoms with van der Waals surface area (Å²) in [6, 6.07) is 4.32. The van der Waals surface area contributed by atoms with E-state index < -0.39 is 11.6 Å². The van der Waals surface area contributed by atoms with Crippen molar-refractivity contribution < 1.29 is 8.78 Å². The van der Waals surface area contributed by atoms with Crippen LogP contribution in [-0.4, -0.2) is 35.2 Å². The summed E-state index contributed by atoms with van der Waals surface area (Å²) in [5, 5.41) is 6.22. The molecule has 0 aliphatic carbocycles. The molecule has 1 aliphatic heterocycles. The average molecular weight is 327 g/mol. The normalized spacial score (nSPS) is 20.5. The molecule has 0 saturated carbocycles. The smallest absolute Gasteiger partial charge is 0.170 e. The Hall–Kier alpha value is -1.27. The Labute approximate surface area is 136 Å². The number of halogens is 2. The molecule has 2 unspecified atom stereocenters. The van der Waals surface area contributed by atoms with Gasteiger partial charge < -0.3 is 10.6 Å². The van der Waals surface area contributed by atoms with Crippen molar-refractivity contribution in [3.8, 4) is 0 Å². The summed E-state index contributed by atoms with van der Waals surface area (Å²) in [7, 11) is 0. The molecule has 1 aromatic carbocycles. The molecule has 0 aromatic heterocycles. The van der Waals surface area contributed by atoms with E-state index in [-0.39, 0.29) is 5.69 Å². The van der Waals surface area contributed by atoms with Crippen LogP contribution >= 0.6 is 12.2 Å². The number of benzene rings is 1. The van der Waals surface area contributed by atoms with Crippen LogP contribution in [0.15, 0.2) is 18.2 Å². The van der Waals surface area contributed by atoms with Crippen LogP contribution in [0.5, 0.6) is 0 Å². The van der Waals surface area contributed by atoms with Gasteiger partial charge in [-0.2, -0.15) is 0 Å². The molecule has 2 N–H and O–H groups in total. The molecular formula is C16H23F2N3S. The first kappa shape index (κ1) is 17.1. The molecular weight excluding hydrogens is 304 g/mol. The van der Waals surface area contributed by atoms with Crippen LogP contribution in [0.3, 0.4) is 0 Å². The molecule has 22 heavy (non-hydrogen) atoms. The van der Waals surface area contributed by atoms with Gasteiger partial charge in [-0.05, 0) is 57.6 Å². The number of rotatable bonds is 4. The number of nitrogens with zero attached hydrogens (tertiary/aromatic N) is 1. The lowest BCUT2D eigenvalue weighted by atomic mass is 10.0. The van der Waals surface area contributed by atoms with E-state index in [1.165, 1.54) is 31.4 Å². The van der Waals surface area contributed by atoms with Crippen molar-refractivity contribution in [2.24, 2.45) is 0 Å². The lowest BCUT2D eigenvalue weighted by molar-refractivity contribution is 0.116. The van der Waals surface area contributed by atoms with Crippen LogP contribution in [0.4, 0.5) is 14.5 Å². The highest BCUT2D eigenvalue weighted by Gasteiger charge is 2.22. The largest absolute Gasteiger partial charge is 0.361 e. The maximum atomic E-state index is 13.6. The Morgan fingerprint density at radius 1 is 1.41 bits per heavy atom. The van der Waals surface area contributed by atoms with Crippen LogP contribution in [-0.2, 0) is 0 Å². The summed E-state index contributed by atoms with van der Waals surface area (Å²) >= 11 is 5.18. The van der Waals surface area contributed by atoms with Crippen molar-refractivity contribution in [2.75, 3.05) is 18.4 Å². The molecule has 3 nitrogen and oxygen atoms in total. The molecule has 1 aliphatic rings. The maximum absolute atomic E-state index is 13.6. The lowest BCUT2D eigenvalue weighted by Gasteiger charge is -2.38. The van der Waals surface area contributed by atoms with E-state index in [0.29, 0.717) is 23.7 Å². The fraction of sp³-hybridized carbons (Fsp3) is 0.562. The average Bonchev–Trinajstić information content (AvgIpc) is 2.48. The highest BCUT2D eigenvalue weighted by molar-refractivity contribution is 7.80. The van der Waals surface area contributed by atoms with Crippen LogP contribution in [0.2, 0.25) is 0 Å². The van der Waals surface area contributed by atoms with Gasteiger partial charge in [-0.25, -0.2) is 8.78 Å². The maximum Gasteiger partial charge on any atom is 0.170 e. The minimum atomic E-state index is -0.651. The summed E-state index contributed by atoms with van der Waals surface area (Å²) in [5.41, 5.74) is 0.179. The standard InChI is InChI=1S/C16H23F2N3S/c1-11-5-3-4-8-21(11)12(2)10-19-16(22)20-15-7-6-13(17)9-14(15)18/h6-7,9,11-12H,3-5,8,10H2,1-2H3,(H2,19,20,22). The van der Waals surface area contributed by atoms with Crippen LogP contribution in [0, 0.1) is 11.6 Å². The third-order valence-corrected chi connectivity index (χ3v) is 4.40. The summed E-state index contributed by atoms with van der Waals surface area (Å²) in [4.78, 5) is 2.47. The van der Waals surface area contributed by atoms with Crippen LogP contribution in [0.25, 0.3) is 0 Å². The molecule has 2 atom stereocenters. The minimum Gasteiger partial charge on any atom is -0.361 e. The van der Waals surface area contributed by atoms with Crippen molar-refractivity contribution in [1.82, 2.24) is 10.2 Å². The van der Waals surface area contributed by atoms with Gasteiger partial charge in [0.05, 0.1) is 5.69 Å². The van der Waals surface area contributed by atoms with E-state index in [1.807, 2.05) is 0 Å². The second-order valence-corrected chi connectivity index (χ2v) is 6.30. The van der Waals surface area contributed by atoms with E-state index in [4.69, 9.17) is 12.2 Å². The molecule has 6 heteroatoms. The molecule has 0 bridgehead atoms. The molecule has 1 fully saturated rings. The van der Waals surface area contributed by atoms with Gasteiger partial charge >= 0.3 is 0 Å². The number of hydrogen-bond acceptors (Lipinski definition) is 2. The minimum absolute atomic E-state index is 0.179. The van der Waals surface area contributed by atoms with Crippen LogP contribution in [0.1, 0.15) is 33.1 Å². The fourth-order valence-electron chi connectivity index (χ4n) is 2.89. The third kappa shape index (κ3) is 4.61. The highest BCUT2D eigenvalue weighted by Crippen LogP contribution is 2.19.